The zero-order valence-corrected chi connectivity index (χ0v) is 14.4. The van der Waals surface area contributed by atoms with Crippen molar-refractivity contribution in [2.75, 3.05) is 19.8 Å². The molecule has 2 N–H and O–H groups in total. The van der Waals surface area contributed by atoms with Gasteiger partial charge in [-0.05, 0) is 47.7 Å². The second-order valence-corrected chi connectivity index (χ2v) is 7.28. The summed E-state index contributed by atoms with van der Waals surface area (Å²) in [6.07, 6.45) is 0. The van der Waals surface area contributed by atoms with E-state index in [1.54, 1.807) is 0 Å². The third-order valence-corrected chi connectivity index (χ3v) is 4.76. The molecule has 21 heavy (non-hydrogen) atoms. The highest BCUT2D eigenvalue weighted by atomic mass is 127. The molecule has 0 heterocycles. The van der Waals surface area contributed by atoms with Crippen molar-refractivity contribution in [2.24, 2.45) is 0 Å². The molecule has 6 nitrogen and oxygen atoms in total. The number of rotatable bonds is 8. The lowest BCUT2D eigenvalue weighted by molar-refractivity contribution is 0.0695. The average Bonchev–Trinajstić information content (AvgIpc) is 2.37. The molecule has 0 aliphatic carbocycles. The lowest BCUT2D eigenvalue weighted by Crippen LogP contribution is -2.28. The second-order valence-electron chi connectivity index (χ2n) is 4.35. The Morgan fingerprint density at radius 2 is 2.14 bits per heavy atom. The van der Waals surface area contributed by atoms with Gasteiger partial charge in [0.05, 0.1) is 23.7 Å². The predicted molar refractivity (Wildman–Crippen MR) is 86.9 cm³/mol. The first-order valence-electron chi connectivity index (χ1n) is 5.98. The highest BCUT2D eigenvalue weighted by molar-refractivity contribution is 14.1. The Kier molecular flexibility index (Phi) is 6.78. The predicted octanol–water partition coefficient (Wildman–Crippen LogP) is 1.86. The van der Waals surface area contributed by atoms with E-state index in [1.165, 1.54) is 12.1 Å². The van der Waals surface area contributed by atoms with E-state index in [2.05, 4.69) is 11.3 Å². The largest absolute Gasteiger partial charge is 0.478 e. The number of hydrogen-bond donors (Lipinski definition) is 2. The minimum atomic E-state index is -3.75. The van der Waals surface area contributed by atoms with Crippen molar-refractivity contribution >= 4 is 38.6 Å². The maximum atomic E-state index is 12.0. The molecule has 1 rings (SSSR count). The van der Waals surface area contributed by atoms with E-state index >= 15 is 0 Å². The summed E-state index contributed by atoms with van der Waals surface area (Å²) in [5, 5.41) is 9.01. The molecule has 0 radical (unpaired) electrons. The number of aromatic carboxylic acids is 1. The van der Waals surface area contributed by atoms with Gasteiger partial charge in [0, 0.05) is 10.1 Å². The summed E-state index contributed by atoms with van der Waals surface area (Å²) in [5.41, 5.74) is 0.804. The number of sulfonamides is 1. The molecule has 0 spiro atoms. The highest BCUT2D eigenvalue weighted by Crippen LogP contribution is 2.17. The maximum absolute atomic E-state index is 12.0. The molecule has 0 aromatic heterocycles. The van der Waals surface area contributed by atoms with Crippen LogP contribution in [0.2, 0.25) is 0 Å². The summed E-state index contributed by atoms with van der Waals surface area (Å²) in [5.74, 6) is -1.17. The minimum absolute atomic E-state index is 0.0444. The van der Waals surface area contributed by atoms with Gasteiger partial charge in [-0.1, -0.05) is 12.2 Å². The Balaban J connectivity index is 2.72. The SMILES string of the molecule is C=C(C)COCCNS(=O)(=O)c1ccc(I)c(C(=O)O)c1. The summed E-state index contributed by atoms with van der Waals surface area (Å²) in [6.45, 7) is 6.15. The molecule has 1 aromatic rings. The molecule has 0 bridgehead atoms. The number of ether oxygens (including phenoxy) is 1. The Labute approximate surface area is 137 Å². The van der Waals surface area contributed by atoms with E-state index < -0.39 is 16.0 Å². The highest BCUT2D eigenvalue weighted by Gasteiger charge is 2.17. The van der Waals surface area contributed by atoms with Gasteiger partial charge in [0.15, 0.2) is 0 Å². The first-order valence-corrected chi connectivity index (χ1v) is 8.55. The van der Waals surface area contributed by atoms with Crippen LogP contribution in [0, 0.1) is 3.57 Å². The fourth-order valence-corrected chi connectivity index (χ4v) is 3.02. The van der Waals surface area contributed by atoms with Crippen LogP contribution in [0.1, 0.15) is 17.3 Å². The molecule has 0 saturated heterocycles. The van der Waals surface area contributed by atoms with Gasteiger partial charge in [-0.2, -0.15) is 0 Å². The van der Waals surface area contributed by atoms with E-state index in [4.69, 9.17) is 9.84 Å². The third kappa shape index (κ3) is 5.73. The molecule has 116 valence electrons. The van der Waals surface area contributed by atoms with E-state index in [0.29, 0.717) is 10.2 Å². The molecule has 0 unspecified atom stereocenters. The number of hydrogen-bond acceptors (Lipinski definition) is 4. The molecule has 1 aromatic carbocycles. The van der Waals surface area contributed by atoms with Crippen LogP contribution in [-0.2, 0) is 14.8 Å². The van der Waals surface area contributed by atoms with Crippen molar-refractivity contribution in [3.8, 4) is 0 Å². The third-order valence-electron chi connectivity index (χ3n) is 2.37. The maximum Gasteiger partial charge on any atom is 0.336 e. The molecule has 8 heteroatoms. The zero-order valence-electron chi connectivity index (χ0n) is 11.4. The fourth-order valence-electron chi connectivity index (χ4n) is 1.41. The molecular weight excluding hydrogens is 409 g/mol. The van der Waals surface area contributed by atoms with Gasteiger partial charge in [-0.3, -0.25) is 0 Å². The van der Waals surface area contributed by atoms with Crippen LogP contribution in [0.25, 0.3) is 0 Å². The molecule has 0 atom stereocenters. The molecule has 0 saturated carbocycles. The van der Waals surface area contributed by atoms with Gasteiger partial charge in [0.1, 0.15) is 0 Å². The van der Waals surface area contributed by atoms with Gasteiger partial charge >= 0.3 is 5.97 Å². The second kappa shape index (κ2) is 7.87. The van der Waals surface area contributed by atoms with Crippen LogP contribution >= 0.6 is 22.6 Å². The lowest BCUT2D eigenvalue weighted by Gasteiger charge is -2.09. The molecule has 0 fully saturated rings. The number of halogens is 1. The van der Waals surface area contributed by atoms with Gasteiger partial charge in [-0.15, -0.1) is 0 Å². The van der Waals surface area contributed by atoms with Crippen molar-refractivity contribution < 1.29 is 23.1 Å². The topological polar surface area (TPSA) is 92.7 Å². The number of carbonyl (C=O) groups is 1. The van der Waals surface area contributed by atoms with E-state index in [0.717, 1.165) is 11.6 Å². The van der Waals surface area contributed by atoms with Gasteiger partial charge in [0.2, 0.25) is 10.0 Å². The monoisotopic (exact) mass is 425 g/mol. The number of benzene rings is 1. The van der Waals surface area contributed by atoms with Crippen molar-refractivity contribution in [1.29, 1.82) is 0 Å². The van der Waals surface area contributed by atoms with Crippen LogP contribution < -0.4 is 4.72 Å². The summed E-state index contributed by atoms with van der Waals surface area (Å²) < 4.78 is 32.1. The molecule has 0 amide bonds. The average molecular weight is 425 g/mol. The van der Waals surface area contributed by atoms with Crippen LogP contribution in [0.5, 0.6) is 0 Å². The van der Waals surface area contributed by atoms with E-state index in [9.17, 15) is 13.2 Å². The summed E-state index contributed by atoms with van der Waals surface area (Å²) >= 11 is 1.84. The van der Waals surface area contributed by atoms with Crippen molar-refractivity contribution in [1.82, 2.24) is 4.72 Å². The molecular formula is C13H16INO5S. The van der Waals surface area contributed by atoms with Crippen molar-refractivity contribution in [2.45, 2.75) is 11.8 Å². The zero-order chi connectivity index (χ0) is 16.0. The minimum Gasteiger partial charge on any atom is -0.478 e. The van der Waals surface area contributed by atoms with Crippen LogP contribution in [-0.4, -0.2) is 39.3 Å². The number of nitrogens with one attached hydrogen (secondary N) is 1. The van der Waals surface area contributed by atoms with Crippen molar-refractivity contribution in [3.05, 3.63) is 39.5 Å². The normalized spacial score (nSPS) is 11.3. The van der Waals surface area contributed by atoms with Gasteiger partial charge in [-0.25, -0.2) is 17.9 Å². The van der Waals surface area contributed by atoms with Gasteiger partial charge < -0.3 is 9.84 Å². The number of carboxylic acid groups (broad SMARTS) is 1. The van der Waals surface area contributed by atoms with E-state index in [-0.39, 0.29) is 23.6 Å². The molecule has 0 aliphatic rings. The van der Waals surface area contributed by atoms with E-state index in [1.807, 2.05) is 29.5 Å². The van der Waals surface area contributed by atoms with Crippen LogP contribution in [0.15, 0.2) is 35.2 Å². The quantitative estimate of drug-likeness (QED) is 0.377. The Bertz CT molecular complexity index is 642. The summed E-state index contributed by atoms with van der Waals surface area (Å²) in [7, 11) is -3.75. The van der Waals surface area contributed by atoms with Crippen LogP contribution in [0.3, 0.4) is 0 Å². The smallest absolute Gasteiger partial charge is 0.336 e. The lowest BCUT2D eigenvalue weighted by atomic mass is 10.2. The van der Waals surface area contributed by atoms with Crippen LogP contribution in [0.4, 0.5) is 0 Å². The molecule has 0 aliphatic heterocycles. The first kappa shape index (κ1) is 18.1. The Morgan fingerprint density at radius 3 is 2.71 bits per heavy atom. The Morgan fingerprint density at radius 1 is 1.48 bits per heavy atom. The Hall–Kier alpha value is -0.970. The summed E-state index contributed by atoms with van der Waals surface area (Å²) in [6, 6.07) is 3.96. The fraction of sp³-hybridized carbons (Fsp3) is 0.308. The summed E-state index contributed by atoms with van der Waals surface area (Å²) in [4.78, 5) is 10.9. The van der Waals surface area contributed by atoms with Crippen molar-refractivity contribution in [3.63, 3.8) is 0 Å². The first-order chi connectivity index (χ1) is 9.74. The number of carboxylic acids is 1. The standard InChI is InChI=1S/C13H16INO5S/c1-9(2)8-20-6-5-15-21(18,19)10-3-4-12(14)11(7-10)13(16)17/h3-4,7,15H,1,5-6,8H2,2H3,(H,16,17). The van der Waals surface area contributed by atoms with Gasteiger partial charge in [0.25, 0.3) is 0 Å².